The third kappa shape index (κ3) is 4.15. The number of nitrogens with zero attached hydrogens (tertiary/aromatic N) is 1. The van der Waals surface area contributed by atoms with E-state index < -0.39 is 10.0 Å². The minimum Gasteiger partial charge on any atom is -0.493 e. The Morgan fingerprint density at radius 3 is 2.33 bits per heavy atom. The molecule has 8 heteroatoms. The largest absolute Gasteiger partial charge is 0.493 e. The van der Waals surface area contributed by atoms with Gasteiger partial charge in [0.2, 0.25) is 0 Å². The Bertz CT molecular complexity index is 1050. The summed E-state index contributed by atoms with van der Waals surface area (Å²) in [5.74, 6) is 0.960. The van der Waals surface area contributed by atoms with E-state index in [1.165, 1.54) is 32.4 Å². The summed E-state index contributed by atoms with van der Waals surface area (Å²) in [6.45, 7) is 0. The van der Waals surface area contributed by atoms with E-state index in [1.807, 2.05) is 18.2 Å². The Morgan fingerprint density at radius 1 is 0.963 bits per heavy atom. The summed E-state index contributed by atoms with van der Waals surface area (Å²) in [7, 11) is -0.909. The summed E-state index contributed by atoms with van der Waals surface area (Å²) >= 11 is 6.18. The van der Waals surface area contributed by atoms with Crippen LogP contribution in [0.25, 0.3) is 11.1 Å². The molecule has 0 atom stereocenters. The van der Waals surface area contributed by atoms with Crippen molar-refractivity contribution in [1.82, 2.24) is 4.98 Å². The highest BCUT2D eigenvalue weighted by atomic mass is 35.5. The fraction of sp³-hybridized carbons (Fsp3) is 0.105. The molecule has 0 saturated heterocycles. The fourth-order valence-electron chi connectivity index (χ4n) is 2.49. The smallest absolute Gasteiger partial charge is 0.263 e. The molecule has 27 heavy (non-hydrogen) atoms. The molecule has 0 saturated carbocycles. The lowest BCUT2D eigenvalue weighted by Gasteiger charge is -2.11. The van der Waals surface area contributed by atoms with Crippen LogP contribution in [0.3, 0.4) is 0 Å². The SMILES string of the molecule is COc1ccc(S(=O)(=O)Nc2ccc(-c3ccccc3Cl)cn2)cc1OC. The van der Waals surface area contributed by atoms with E-state index in [9.17, 15) is 8.42 Å². The van der Waals surface area contributed by atoms with Gasteiger partial charge in [-0.1, -0.05) is 29.8 Å². The molecule has 0 aliphatic carbocycles. The van der Waals surface area contributed by atoms with Gasteiger partial charge in [-0.2, -0.15) is 0 Å². The topological polar surface area (TPSA) is 77.5 Å². The monoisotopic (exact) mass is 404 g/mol. The van der Waals surface area contributed by atoms with Gasteiger partial charge in [-0.15, -0.1) is 0 Å². The molecule has 0 amide bonds. The Morgan fingerprint density at radius 2 is 1.70 bits per heavy atom. The highest BCUT2D eigenvalue weighted by Crippen LogP contribution is 2.31. The first-order chi connectivity index (χ1) is 12.9. The second-order valence-electron chi connectivity index (χ2n) is 5.53. The van der Waals surface area contributed by atoms with E-state index in [2.05, 4.69) is 9.71 Å². The molecular formula is C19H17ClN2O4S. The van der Waals surface area contributed by atoms with Gasteiger partial charge in [-0.3, -0.25) is 4.72 Å². The predicted octanol–water partition coefficient (Wildman–Crippen LogP) is 4.22. The molecule has 0 spiro atoms. The number of anilines is 1. The molecule has 0 radical (unpaired) electrons. The second kappa shape index (κ2) is 7.85. The summed E-state index contributed by atoms with van der Waals surface area (Å²) in [6, 6.07) is 15.0. The van der Waals surface area contributed by atoms with Crippen LogP contribution in [0, 0.1) is 0 Å². The van der Waals surface area contributed by atoms with Crippen molar-refractivity contribution in [2.75, 3.05) is 18.9 Å². The third-order valence-electron chi connectivity index (χ3n) is 3.85. The number of aromatic nitrogens is 1. The van der Waals surface area contributed by atoms with Crippen molar-refractivity contribution in [1.29, 1.82) is 0 Å². The molecule has 140 valence electrons. The molecule has 1 N–H and O–H groups in total. The van der Waals surface area contributed by atoms with Crippen LogP contribution in [0.2, 0.25) is 5.02 Å². The molecule has 0 fully saturated rings. The summed E-state index contributed by atoms with van der Waals surface area (Å²) < 4.78 is 37.9. The molecule has 1 heterocycles. The number of ether oxygens (including phenoxy) is 2. The summed E-state index contributed by atoms with van der Waals surface area (Å²) in [4.78, 5) is 4.22. The maximum atomic E-state index is 12.6. The standard InChI is InChI=1S/C19H17ClN2O4S/c1-25-17-9-8-14(11-18(17)26-2)27(23,24)22-19-10-7-13(12-21-19)15-5-3-4-6-16(15)20/h3-12H,1-2H3,(H,21,22). The van der Waals surface area contributed by atoms with Gasteiger partial charge in [0, 0.05) is 28.4 Å². The normalized spacial score (nSPS) is 11.1. The van der Waals surface area contributed by atoms with E-state index in [0.717, 1.165) is 11.1 Å². The number of methoxy groups -OCH3 is 2. The minimum absolute atomic E-state index is 0.0390. The maximum absolute atomic E-state index is 12.6. The zero-order chi connectivity index (χ0) is 19.4. The molecule has 1 aromatic heterocycles. The number of halogens is 1. The van der Waals surface area contributed by atoms with Crippen LogP contribution in [0.4, 0.5) is 5.82 Å². The van der Waals surface area contributed by atoms with Crippen molar-refractivity contribution < 1.29 is 17.9 Å². The van der Waals surface area contributed by atoms with Gasteiger partial charge in [0.1, 0.15) is 5.82 Å². The number of hydrogen-bond acceptors (Lipinski definition) is 5. The zero-order valence-electron chi connectivity index (χ0n) is 14.6. The van der Waals surface area contributed by atoms with Crippen LogP contribution < -0.4 is 14.2 Å². The first-order valence-corrected chi connectivity index (χ1v) is 9.76. The van der Waals surface area contributed by atoms with Crippen molar-refractivity contribution in [2.45, 2.75) is 4.90 Å². The van der Waals surface area contributed by atoms with Gasteiger partial charge in [0.15, 0.2) is 11.5 Å². The predicted molar refractivity (Wildman–Crippen MR) is 105 cm³/mol. The van der Waals surface area contributed by atoms with Gasteiger partial charge in [-0.05, 0) is 30.3 Å². The van der Waals surface area contributed by atoms with Crippen molar-refractivity contribution in [3.8, 4) is 22.6 Å². The number of benzene rings is 2. The lowest BCUT2D eigenvalue weighted by Crippen LogP contribution is -2.14. The van der Waals surface area contributed by atoms with E-state index in [4.69, 9.17) is 21.1 Å². The molecule has 0 unspecified atom stereocenters. The lowest BCUT2D eigenvalue weighted by atomic mass is 10.1. The molecule has 0 aliphatic rings. The maximum Gasteiger partial charge on any atom is 0.263 e. The lowest BCUT2D eigenvalue weighted by molar-refractivity contribution is 0.354. The Balaban J connectivity index is 1.85. The highest BCUT2D eigenvalue weighted by molar-refractivity contribution is 7.92. The van der Waals surface area contributed by atoms with Crippen LogP contribution in [0.15, 0.2) is 65.7 Å². The van der Waals surface area contributed by atoms with Crippen LogP contribution in [0.1, 0.15) is 0 Å². The Hall–Kier alpha value is -2.77. The van der Waals surface area contributed by atoms with Crippen LogP contribution in [-0.4, -0.2) is 27.6 Å². The molecule has 0 bridgehead atoms. The van der Waals surface area contributed by atoms with Gasteiger partial charge in [0.25, 0.3) is 10.0 Å². The van der Waals surface area contributed by atoms with E-state index in [0.29, 0.717) is 16.5 Å². The van der Waals surface area contributed by atoms with Crippen molar-refractivity contribution in [3.63, 3.8) is 0 Å². The number of nitrogens with one attached hydrogen (secondary N) is 1. The van der Waals surface area contributed by atoms with Gasteiger partial charge < -0.3 is 9.47 Å². The fourth-order valence-corrected chi connectivity index (χ4v) is 3.76. The average molecular weight is 405 g/mol. The average Bonchev–Trinajstić information content (AvgIpc) is 2.68. The van der Waals surface area contributed by atoms with Gasteiger partial charge in [-0.25, -0.2) is 13.4 Å². The molecular weight excluding hydrogens is 388 g/mol. The summed E-state index contributed by atoms with van der Waals surface area (Å²) in [6.07, 6.45) is 1.56. The Kier molecular flexibility index (Phi) is 5.53. The quantitative estimate of drug-likeness (QED) is 0.665. The molecule has 3 aromatic rings. The number of pyridine rings is 1. The Labute approximate surface area is 162 Å². The first-order valence-electron chi connectivity index (χ1n) is 7.90. The number of hydrogen-bond donors (Lipinski definition) is 1. The van der Waals surface area contributed by atoms with Crippen LogP contribution in [-0.2, 0) is 10.0 Å². The highest BCUT2D eigenvalue weighted by Gasteiger charge is 2.18. The molecule has 2 aromatic carbocycles. The van der Waals surface area contributed by atoms with E-state index in [-0.39, 0.29) is 10.7 Å². The van der Waals surface area contributed by atoms with Crippen molar-refractivity contribution in [2.24, 2.45) is 0 Å². The number of sulfonamides is 1. The van der Waals surface area contributed by atoms with Crippen molar-refractivity contribution in [3.05, 3.63) is 65.8 Å². The third-order valence-corrected chi connectivity index (χ3v) is 5.53. The minimum atomic E-state index is -3.83. The molecule has 3 rings (SSSR count). The number of rotatable bonds is 6. The van der Waals surface area contributed by atoms with E-state index >= 15 is 0 Å². The zero-order valence-corrected chi connectivity index (χ0v) is 16.2. The molecule has 0 aliphatic heterocycles. The first kappa shape index (κ1) is 19.0. The second-order valence-corrected chi connectivity index (χ2v) is 7.62. The van der Waals surface area contributed by atoms with Gasteiger partial charge >= 0.3 is 0 Å². The summed E-state index contributed by atoms with van der Waals surface area (Å²) in [5.41, 5.74) is 1.61. The van der Waals surface area contributed by atoms with E-state index in [1.54, 1.807) is 24.4 Å². The summed E-state index contributed by atoms with van der Waals surface area (Å²) in [5, 5.41) is 0.595. The van der Waals surface area contributed by atoms with Crippen LogP contribution in [0.5, 0.6) is 11.5 Å². The molecule has 6 nitrogen and oxygen atoms in total. The van der Waals surface area contributed by atoms with Crippen LogP contribution >= 0.6 is 11.6 Å². The van der Waals surface area contributed by atoms with Crippen molar-refractivity contribution >= 4 is 27.4 Å². The van der Waals surface area contributed by atoms with Gasteiger partial charge in [0.05, 0.1) is 19.1 Å².